The van der Waals surface area contributed by atoms with Gasteiger partial charge in [0.1, 0.15) is 5.82 Å². The molecule has 1 aliphatic rings. The molecule has 1 aliphatic carbocycles. The number of halogens is 3. The molecule has 5 nitrogen and oxygen atoms in total. The maximum Gasteiger partial charge on any atom is 0.277 e. The fraction of sp³-hybridized carbons (Fsp3) is 0.316. The number of rotatable bonds is 7. The fourth-order valence-corrected chi connectivity index (χ4v) is 3.48. The summed E-state index contributed by atoms with van der Waals surface area (Å²) in [4.78, 5) is 17.7. The molecule has 2 atom stereocenters. The van der Waals surface area contributed by atoms with Crippen molar-refractivity contribution in [2.24, 2.45) is 5.92 Å². The van der Waals surface area contributed by atoms with E-state index in [0.717, 1.165) is 21.2 Å². The van der Waals surface area contributed by atoms with Crippen molar-refractivity contribution in [3.8, 4) is 0 Å². The molecule has 0 radical (unpaired) electrons. The highest BCUT2D eigenvalue weighted by atomic mass is 127. The third-order valence-corrected chi connectivity index (χ3v) is 5.36. The van der Waals surface area contributed by atoms with Crippen LogP contribution in [-0.2, 0) is 4.84 Å². The summed E-state index contributed by atoms with van der Waals surface area (Å²) in [5, 5.41) is 12.2. The van der Waals surface area contributed by atoms with Crippen molar-refractivity contribution in [3.63, 3.8) is 0 Å². The molecule has 0 aliphatic heterocycles. The van der Waals surface area contributed by atoms with Crippen molar-refractivity contribution in [1.29, 1.82) is 0 Å². The first-order chi connectivity index (χ1) is 12.8. The van der Waals surface area contributed by atoms with Crippen LogP contribution < -0.4 is 10.8 Å². The topological polar surface area (TPSA) is 70.6 Å². The SMILES string of the molecule is Cc1cc(I)ccc1Nc1cc(F)c(Cl)cc1C(=O)NOCCC1CC1O. The van der Waals surface area contributed by atoms with Gasteiger partial charge in [-0.25, -0.2) is 9.87 Å². The number of aryl methyl sites for hydroxylation is 1. The van der Waals surface area contributed by atoms with Gasteiger partial charge in [-0.15, -0.1) is 0 Å². The first kappa shape index (κ1) is 20.3. The van der Waals surface area contributed by atoms with E-state index in [1.807, 2.05) is 25.1 Å². The predicted molar refractivity (Wildman–Crippen MR) is 111 cm³/mol. The Morgan fingerprint density at radius 2 is 2.11 bits per heavy atom. The molecule has 0 heterocycles. The van der Waals surface area contributed by atoms with Crippen LogP contribution in [0.15, 0.2) is 30.3 Å². The van der Waals surface area contributed by atoms with Crippen LogP contribution in [0, 0.1) is 22.2 Å². The van der Waals surface area contributed by atoms with E-state index in [9.17, 15) is 14.3 Å². The molecule has 2 unspecified atom stereocenters. The Balaban J connectivity index is 1.72. The zero-order valence-corrected chi connectivity index (χ0v) is 17.5. The summed E-state index contributed by atoms with van der Waals surface area (Å²) >= 11 is 8.07. The molecule has 27 heavy (non-hydrogen) atoms. The van der Waals surface area contributed by atoms with Gasteiger partial charge in [0.25, 0.3) is 5.91 Å². The number of hydrogen-bond donors (Lipinski definition) is 3. The van der Waals surface area contributed by atoms with Gasteiger partial charge >= 0.3 is 0 Å². The Labute approximate surface area is 175 Å². The summed E-state index contributed by atoms with van der Waals surface area (Å²) in [5.41, 5.74) is 4.53. The van der Waals surface area contributed by atoms with E-state index in [2.05, 4.69) is 33.4 Å². The van der Waals surface area contributed by atoms with Crippen molar-refractivity contribution in [2.45, 2.75) is 25.9 Å². The number of anilines is 2. The largest absolute Gasteiger partial charge is 0.393 e. The minimum absolute atomic E-state index is 0.147. The molecule has 1 amide bonds. The Morgan fingerprint density at radius 1 is 1.37 bits per heavy atom. The number of aliphatic hydroxyl groups excluding tert-OH is 1. The molecule has 8 heteroatoms. The molecule has 3 N–H and O–H groups in total. The maximum absolute atomic E-state index is 14.0. The van der Waals surface area contributed by atoms with Gasteiger partial charge in [0.2, 0.25) is 0 Å². The van der Waals surface area contributed by atoms with E-state index >= 15 is 0 Å². The minimum atomic E-state index is -0.623. The van der Waals surface area contributed by atoms with Crippen molar-refractivity contribution in [2.75, 3.05) is 11.9 Å². The highest BCUT2D eigenvalue weighted by Crippen LogP contribution is 2.33. The molecule has 1 fully saturated rings. The van der Waals surface area contributed by atoms with Gasteiger partial charge in [-0.2, -0.15) is 0 Å². The van der Waals surface area contributed by atoms with Gasteiger partial charge in [-0.1, -0.05) is 11.6 Å². The number of aliphatic hydroxyl groups is 1. The molecule has 1 saturated carbocycles. The van der Waals surface area contributed by atoms with Gasteiger partial charge in [0.05, 0.1) is 29.0 Å². The lowest BCUT2D eigenvalue weighted by Gasteiger charge is -2.15. The zero-order valence-electron chi connectivity index (χ0n) is 14.6. The van der Waals surface area contributed by atoms with Gasteiger partial charge < -0.3 is 10.4 Å². The monoisotopic (exact) mass is 504 g/mol. The van der Waals surface area contributed by atoms with E-state index in [1.54, 1.807) is 0 Å². The summed E-state index contributed by atoms with van der Waals surface area (Å²) < 4.78 is 15.0. The number of hydroxylamine groups is 1. The van der Waals surface area contributed by atoms with Crippen LogP contribution in [0.1, 0.15) is 28.8 Å². The molecule has 2 aromatic carbocycles. The fourth-order valence-electron chi connectivity index (χ4n) is 2.67. The predicted octanol–water partition coefficient (Wildman–Crippen LogP) is 4.57. The summed E-state index contributed by atoms with van der Waals surface area (Å²) in [6.45, 7) is 2.22. The summed E-state index contributed by atoms with van der Waals surface area (Å²) in [6, 6.07) is 8.21. The Hall–Kier alpha value is -1.42. The normalized spacial score (nSPS) is 18.3. The van der Waals surface area contributed by atoms with Crippen molar-refractivity contribution in [3.05, 3.63) is 55.9 Å². The average molecular weight is 505 g/mol. The number of hydrogen-bond acceptors (Lipinski definition) is 4. The van der Waals surface area contributed by atoms with Crippen LogP contribution in [-0.4, -0.2) is 23.7 Å². The lowest BCUT2D eigenvalue weighted by Crippen LogP contribution is -2.25. The zero-order chi connectivity index (χ0) is 19.6. The molecule has 0 aromatic heterocycles. The lowest BCUT2D eigenvalue weighted by atomic mass is 10.1. The summed E-state index contributed by atoms with van der Waals surface area (Å²) in [5.74, 6) is -0.912. The first-order valence-electron chi connectivity index (χ1n) is 8.47. The molecular formula is C19H19ClFIN2O3. The quantitative estimate of drug-likeness (QED) is 0.294. The van der Waals surface area contributed by atoms with E-state index in [0.29, 0.717) is 18.7 Å². The Bertz CT molecular complexity index is 865. The number of carbonyl (C=O) groups excluding carboxylic acids is 1. The van der Waals surface area contributed by atoms with Crippen LogP contribution >= 0.6 is 34.2 Å². The van der Waals surface area contributed by atoms with Crippen LogP contribution in [0.3, 0.4) is 0 Å². The number of amides is 1. The van der Waals surface area contributed by atoms with E-state index in [1.165, 1.54) is 12.1 Å². The molecule has 0 bridgehead atoms. The first-order valence-corrected chi connectivity index (χ1v) is 9.93. The highest BCUT2D eigenvalue weighted by molar-refractivity contribution is 14.1. The van der Waals surface area contributed by atoms with Crippen molar-refractivity contribution >= 4 is 51.5 Å². The summed E-state index contributed by atoms with van der Waals surface area (Å²) in [6.07, 6.45) is 1.18. The molecule has 0 spiro atoms. The molecule has 2 aromatic rings. The number of nitrogens with one attached hydrogen (secondary N) is 2. The second-order valence-corrected chi connectivity index (χ2v) is 8.18. The average Bonchev–Trinajstić information content (AvgIpc) is 3.32. The van der Waals surface area contributed by atoms with E-state index in [-0.39, 0.29) is 22.6 Å². The molecule has 0 saturated heterocycles. The van der Waals surface area contributed by atoms with Crippen LogP contribution in [0.4, 0.5) is 15.8 Å². The van der Waals surface area contributed by atoms with Crippen molar-refractivity contribution in [1.82, 2.24) is 5.48 Å². The van der Waals surface area contributed by atoms with Crippen LogP contribution in [0.2, 0.25) is 5.02 Å². The van der Waals surface area contributed by atoms with E-state index in [4.69, 9.17) is 16.4 Å². The second kappa shape index (κ2) is 8.72. The van der Waals surface area contributed by atoms with Gasteiger partial charge in [0, 0.05) is 9.26 Å². The second-order valence-electron chi connectivity index (χ2n) is 6.53. The number of benzene rings is 2. The number of carbonyl (C=O) groups is 1. The molecular weight excluding hydrogens is 486 g/mol. The standard InChI is InChI=1S/C19H19ClFIN2O3/c1-10-6-12(22)2-3-16(10)23-17-9-15(21)14(20)8-13(17)19(26)24-27-5-4-11-7-18(11)25/h2-3,6,8-9,11,18,23,25H,4-5,7H2,1H3,(H,24,26). The van der Waals surface area contributed by atoms with Gasteiger partial charge in [0.15, 0.2) is 0 Å². The molecule has 3 rings (SSSR count). The third kappa shape index (κ3) is 5.31. The Kier molecular flexibility index (Phi) is 6.56. The van der Waals surface area contributed by atoms with Gasteiger partial charge in [-0.05, 0) is 84.2 Å². The van der Waals surface area contributed by atoms with Crippen molar-refractivity contribution < 1.29 is 19.1 Å². The minimum Gasteiger partial charge on any atom is -0.393 e. The van der Waals surface area contributed by atoms with Crippen LogP contribution in [0.5, 0.6) is 0 Å². The molecule has 144 valence electrons. The lowest BCUT2D eigenvalue weighted by molar-refractivity contribution is 0.0280. The maximum atomic E-state index is 14.0. The Morgan fingerprint density at radius 3 is 2.78 bits per heavy atom. The highest BCUT2D eigenvalue weighted by Gasteiger charge is 2.34. The van der Waals surface area contributed by atoms with Gasteiger partial charge in [-0.3, -0.25) is 9.63 Å². The van der Waals surface area contributed by atoms with Crippen LogP contribution in [0.25, 0.3) is 0 Å². The van der Waals surface area contributed by atoms with E-state index < -0.39 is 11.7 Å². The third-order valence-electron chi connectivity index (χ3n) is 4.40. The summed E-state index contributed by atoms with van der Waals surface area (Å²) in [7, 11) is 0. The smallest absolute Gasteiger partial charge is 0.277 e.